The van der Waals surface area contributed by atoms with Crippen molar-refractivity contribution < 1.29 is 4.74 Å². The second-order valence-corrected chi connectivity index (χ2v) is 5.47. The summed E-state index contributed by atoms with van der Waals surface area (Å²) in [5.41, 5.74) is 2.51. The first-order valence-corrected chi connectivity index (χ1v) is 8.11. The number of nitrogens with zero attached hydrogens (tertiary/aromatic N) is 4. The SMILES string of the molecule is COc1ccccc1CCNc1cnnc(Nc2ccc(C#N)cc2)n1. The van der Waals surface area contributed by atoms with E-state index < -0.39 is 0 Å². The van der Waals surface area contributed by atoms with E-state index in [-0.39, 0.29) is 0 Å². The Labute approximate surface area is 151 Å². The predicted molar refractivity (Wildman–Crippen MR) is 99.5 cm³/mol. The maximum atomic E-state index is 8.83. The minimum Gasteiger partial charge on any atom is -0.496 e. The van der Waals surface area contributed by atoms with E-state index in [0.717, 1.165) is 23.4 Å². The summed E-state index contributed by atoms with van der Waals surface area (Å²) in [6.07, 6.45) is 2.37. The van der Waals surface area contributed by atoms with Gasteiger partial charge in [-0.1, -0.05) is 18.2 Å². The van der Waals surface area contributed by atoms with E-state index in [1.165, 1.54) is 0 Å². The molecule has 0 fully saturated rings. The molecular weight excluding hydrogens is 328 g/mol. The van der Waals surface area contributed by atoms with Gasteiger partial charge in [-0.3, -0.25) is 0 Å². The third-order valence-electron chi connectivity index (χ3n) is 3.72. The summed E-state index contributed by atoms with van der Waals surface area (Å²) < 4.78 is 5.35. The van der Waals surface area contributed by atoms with Gasteiger partial charge < -0.3 is 15.4 Å². The number of benzene rings is 2. The number of aromatic nitrogens is 3. The van der Waals surface area contributed by atoms with Crippen LogP contribution < -0.4 is 15.4 Å². The zero-order valence-electron chi connectivity index (χ0n) is 14.3. The summed E-state index contributed by atoms with van der Waals surface area (Å²) in [6, 6.07) is 17.1. The van der Waals surface area contributed by atoms with Crippen LogP contribution in [0.4, 0.5) is 17.5 Å². The molecule has 1 aromatic heterocycles. The van der Waals surface area contributed by atoms with Gasteiger partial charge in [-0.2, -0.15) is 15.3 Å². The molecule has 0 saturated heterocycles. The maximum absolute atomic E-state index is 8.83. The first-order chi connectivity index (χ1) is 12.8. The molecule has 2 N–H and O–H groups in total. The zero-order valence-corrected chi connectivity index (χ0v) is 14.3. The zero-order chi connectivity index (χ0) is 18.2. The van der Waals surface area contributed by atoms with Crippen LogP contribution in [0, 0.1) is 11.3 Å². The fourth-order valence-electron chi connectivity index (χ4n) is 2.43. The Morgan fingerprint density at radius 2 is 1.92 bits per heavy atom. The number of methoxy groups -OCH3 is 1. The number of ether oxygens (including phenoxy) is 1. The fraction of sp³-hybridized carbons (Fsp3) is 0.158. The van der Waals surface area contributed by atoms with Crippen molar-refractivity contribution in [2.75, 3.05) is 24.3 Å². The minimum atomic E-state index is 0.386. The highest BCUT2D eigenvalue weighted by molar-refractivity contribution is 5.55. The molecule has 0 aliphatic rings. The molecule has 0 bridgehead atoms. The lowest BCUT2D eigenvalue weighted by molar-refractivity contribution is 0.410. The molecule has 0 saturated carbocycles. The van der Waals surface area contributed by atoms with E-state index in [1.54, 1.807) is 37.6 Å². The van der Waals surface area contributed by atoms with Gasteiger partial charge in [0.2, 0.25) is 5.95 Å². The smallest absolute Gasteiger partial charge is 0.249 e. The second kappa shape index (κ2) is 8.44. The van der Waals surface area contributed by atoms with E-state index >= 15 is 0 Å². The summed E-state index contributed by atoms with van der Waals surface area (Å²) in [5, 5.41) is 23.1. The Morgan fingerprint density at radius 3 is 2.69 bits per heavy atom. The van der Waals surface area contributed by atoms with E-state index in [0.29, 0.717) is 23.9 Å². The van der Waals surface area contributed by atoms with Crippen molar-refractivity contribution in [3.8, 4) is 11.8 Å². The van der Waals surface area contributed by atoms with Crippen molar-refractivity contribution in [3.63, 3.8) is 0 Å². The molecule has 0 atom stereocenters. The number of para-hydroxylation sites is 1. The van der Waals surface area contributed by atoms with Gasteiger partial charge >= 0.3 is 0 Å². The highest BCUT2D eigenvalue weighted by Gasteiger charge is 2.04. The lowest BCUT2D eigenvalue weighted by Crippen LogP contribution is -2.09. The topological polar surface area (TPSA) is 95.8 Å². The average molecular weight is 346 g/mol. The second-order valence-electron chi connectivity index (χ2n) is 5.47. The van der Waals surface area contributed by atoms with Gasteiger partial charge in [-0.25, -0.2) is 0 Å². The molecule has 26 heavy (non-hydrogen) atoms. The van der Waals surface area contributed by atoms with Crippen LogP contribution in [0.3, 0.4) is 0 Å². The first kappa shape index (κ1) is 17.2. The highest BCUT2D eigenvalue weighted by atomic mass is 16.5. The molecule has 0 amide bonds. The number of hydrogen-bond donors (Lipinski definition) is 2. The molecule has 0 spiro atoms. The van der Waals surface area contributed by atoms with Crippen LogP contribution in [0.15, 0.2) is 54.7 Å². The average Bonchev–Trinajstić information content (AvgIpc) is 2.69. The lowest BCUT2D eigenvalue weighted by Gasteiger charge is -2.10. The third-order valence-corrected chi connectivity index (χ3v) is 3.72. The monoisotopic (exact) mass is 346 g/mol. The Balaban J connectivity index is 1.59. The highest BCUT2D eigenvalue weighted by Crippen LogP contribution is 2.18. The summed E-state index contributed by atoms with van der Waals surface area (Å²) in [4.78, 5) is 4.39. The van der Waals surface area contributed by atoms with Gasteiger partial charge in [-0.05, 0) is 42.3 Å². The van der Waals surface area contributed by atoms with Gasteiger partial charge in [0.15, 0.2) is 5.82 Å². The molecule has 0 unspecified atom stereocenters. The largest absolute Gasteiger partial charge is 0.496 e. The number of hydrogen-bond acceptors (Lipinski definition) is 7. The molecule has 0 aliphatic heterocycles. The van der Waals surface area contributed by atoms with Crippen LogP contribution in [0.2, 0.25) is 0 Å². The molecule has 0 aliphatic carbocycles. The van der Waals surface area contributed by atoms with Gasteiger partial charge in [0.1, 0.15) is 5.75 Å². The number of nitriles is 1. The fourth-order valence-corrected chi connectivity index (χ4v) is 2.43. The molecule has 3 rings (SSSR count). The number of rotatable bonds is 7. The Bertz CT molecular complexity index is 904. The summed E-state index contributed by atoms with van der Waals surface area (Å²) in [5.74, 6) is 1.89. The van der Waals surface area contributed by atoms with Crippen LogP contribution in [-0.2, 0) is 6.42 Å². The van der Waals surface area contributed by atoms with Crippen molar-refractivity contribution in [2.24, 2.45) is 0 Å². The van der Waals surface area contributed by atoms with Gasteiger partial charge in [0, 0.05) is 12.2 Å². The van der Waals surface area contributed by atoms with Crippen molar-refractivity contribution >= 4 is 17.5 Å². The predicted octanol–water partition coefficient (Wildman–Crippen LogP) is 3.15. The first-order valence-electron chi connectivity index (χ1n) is 8.11. The van der Waals surface area contributed by atoms with E-state index in [4.69, 9.17) is 10.00 Å². The van der Waals surface area contributed by atoms with Crippen molar-refractivity contribution in [1.82, 2.24) is 15.2 Å². The van der Waals surface area contributed by atoms with Gasteiger partial charge in [0.05, 0.1) is 24.9 Å². The number of nitrogens with one attached hydrogen (secondary N) is 2. The Hall–Kier alpha value is -3.66. The number of anilines is 3. The van der Waals surface area contributed by atoms with Crippen LogP contribution in [0.25, 0.3) is 0 Å². The van der Waals surface area contributed by atoms with Crippen LogP contribution >= 0.6 is 0 Å². The van der Waals surface area contributed by atoms with Crippen molar-refractivity contribution in [2.45, 2.75) is 6.42 Å². The third kappa shape index (κ3) is 4.45. The van der Waals surface area contributed by atoms with Gasteiger partial charge in [0.25, 0.3) is 0 Å². The quantitative estimate of drug-likeness (QED) is 0.678. The van der Waals surface area contributed by atoms with Crippen LogP contribution in [0.1, 0.15) is 11.1 Å². The maximum Gasteiger partial charge on any atom is 0.249 e. The summed E-state index contributed by atoms with van der Waals surface area (Å²) in [7, 11) is 1.67. The van der Waals surface area contributed by atoms with Crippen molar-refractivity contribution in [3.05, 3.63) is 65.9 Å². The molecule has 1 heterocycles. The molecule has 7 heteroatoms. The molecule has 3 aromatic rings. The molecule has 130 valence electrons. The van der Waals surface area contributed by atoms with E-state index in [1.807, 2.05) is 24.3 Å². The minimum absolute atomic E-state index is 0.386. The van der Waals surface area contributed by atoms with E-state index in [2.05, 4.69) is 31.9 Å². The lowest BCUT2D eigenvalue weighted by atomic mass is 10.1. The standard InChI is InChI=1S/C19H18N6O/c1-26-17-5-3-2-4-15(17)10-11-21-18-13-22-25-19(24-18)23-16-8-6-14(12-20)7-9-16/h2-9,13H,10-11H2,1H3,(H2,21,23,24,25). The van der Waals surface area contributed by atoms with Gasteiger partial charge in [-0.15, -0.1) is 5.10 Å². The van der Waals surface area contributed by atoms with Crippen LogP contribution in [-0.4, -0.2) is 28.8 Å². The van der Waals surface area contributed by atoms with Crippen LogP contribution in [0.5, 0.6) is 5.75 Å². The summed E-state index contributed by atoms with van der Waals surface area (Å²) >= 11 is 0. The molecular formula is C19H18N6O. The van der Waals surface area contributed by atoms with E-state index in [9.17, 15) is 0 Å². The summed E-state index contributed by atoms with van der Waals surface area (Å²) in [6.45, 7) is 0.690. The Kier molecular flexibility index (Phi) is 5.58. The van der Waals surface area contributed by atoms with Crippen molar-refractivity contribution in [1.29, 1.82) is 5.26 Å². The molecule has 2 aromatic carbocycles. The molecule has 0 radical (unpaired) electrons. The normalized spacial score (nSPS) is 10.0. The molecule has 7 nitrogen and oxygen atoms in total. The Morgan fingerprint density at radius 1 is 1.12 bits per heavy atom.